The number of ketones is 2. The van der Waals surface area contributed by atoms with E-state index in [1.807, 2.05) is 13.8 Å². The molecule has 28 nitrogen and oxygen atoms in total. The maximum Gasteiger partial charge on any atom is 0.223 e. The van der Waals surface area contributed by atoms with Gasteiger partial charge in [0.25, 0.3) is 0 Å². The number of carbonyl (C=O) groups excluding carboxylic acids is 7. The first-order valence-corrected chi connectivity index (χ1v) is 35.5. The topological polar surface area (TPSA) is 426 Å². The Balaban J connectivity index is 0.00000738. The molecule has 96 heavy (non-hydrogen) atoms. The molecular formula is C68H127N5O23. The quantitative estimate of drug-likeness (QED) is 0.0389. The van der Waals surface area contributed by atoms with Gasteiger partial charge in [0.05, 0.1) is 44.7 Å². The zero-order valence-corrected chi connectivity index (χ0v) is 59.2. The lowest BCUT2D eigenvalue weighted by molar-refractivity contribution is -0.282. The molecule has 3 rings (SSSR count). The van der Waals surface area contributed by atoms with E-state index in [0.29, 0.717) is 155 Å². The fourth-order valence-electron chi connectivity index (χ4n) is 11.0. The van der Waals surface area contributed by atoms with E-state index in [1.165, 1.54) is 14.0 Å². The molecule has 3 aliphatic heterocycles. The Kier molecular flexibility index (Phi) is 50.6. The number of nitrogens with one attached hydrogen (secondary N) is 5. The van der Waals surface area contributed by atoms with Gasteiger partial charge in [0.15, 0.2) is 24.7 Å². The normalized spacial score (nSPS) is 26.2. The molecule has 0 bridgehead atoms. The number of ether oxygens (including phenoxy) is 7. The van der Waals surface area contributed by atoms with Crippen LogP contribution in [-0.2, 0) is 66.7 Å². The molecule has 14 N–H and O–H groups in total. The van der Waals surface area contributed by atoms with E-state index >= 15 is 0 Å². The lowest BCUT2D eigenvalue weighted by Crippen LogP contribution is -2.64. The molecule has 0 aromatic heterocycles. The third kappa shape index (κ3) is 37.5. The number of hydrogen-bond donors (Lipinski definition) is 14. The van der Waals surface area contributed by atoms with E-state index < -0.39 is 129 Å². The van der Waals surface area contributed by atoms with Crippen LogP contribution in [0.2, 0.25) is 0 Å². The van der Waals surface area contributed by atoms with Crippen LogP contribution < -0.4 is 26.6 Å². The van der Waals surface area contributed by atoms with Gasteiger partial charge in [0, 0.05) is 110 Å². The number of unbranched alkanes of at least 4 members (excludes halogenated alkanes) is 10. The second-order valence-corrected chi connectivity index (χ2v) is 25.9. The fraction of sp³-hybridized carbons (Fsp3) is 0.897. The molecule has 28 heteroatoms. The molecule has 3 fully saturated rings. The Morgan fingerprint density at radius 3 is 1.31 bits per heavy atom. The van der Waals surface area contributed by atoms with Gasteiger partial charge in [-0.25, -0.2) is 0 Å². The van der Waals surface area contributed by atoms with Crippen molar-refractivity contribution in [1.29, 1.82) is 0 Å². The Morgan fingerprint density at radius 1 is 0.458 bits per heavy atom. The van der Waals surface area contributed by atoms with Crippen molar-refractivity contribution in [2.24, 2.45) is 23.7 Å². The first-order chi connectivity index (χ1) is 45.9. The van der Waals surface area contributed by atoms with Crippen LogP contribution in [0.5, 0.6) is 0 Å². The molecular weight excluding hydrogens is 1250 g/mol. The molecule has 562 valence electrons. The minimum absolute atomic E-state index is 0.0920. The van der Waals surface area contributed by atoms with Crippen LogP contribution in [-0.4, -0.2) is 246 Å². The summed E-state index contributed by atoms with van der Waals surface area (Å²) in [5.74, 6) is -2.70. The molecule has 8 unspecified atom stereocenters. The number of aliphatic hydroxyl groups is 9. The molecule has 0 saturated carbocycles. The predicted octanol–water partition coefficient (Wildman–Crippen LogP) is 2.42. The van der Waals surface area contributed by atoms with E-state index in [0.717, 1.165) is 5.92 Å². The lowest BCUT2D eigenvalue weighted by atomic mass is 9.91. The van der Waals surface area contributed by atoms with Gasteiger partial charge < -0.3 is 106 Å². The van der Waals surface area contributed by atoms with E-state index in [4.69, 9.17) is 33.2 Å². The number of carbonyl (C=O) groups is 7. The van der Waals surface area contributed by atoms with Crippen molar-refractivity contribution < 1.29 is 113 Å². The van der Waals surface area contributed by atoms with Gasteiger partial charge in [-0.05, 0) is 89.4 Å². The van der Waals surface area contributed by atoms with Crippen molar-refractivity contribution in [3.05, 3.63) is 0 Å². The van der Waals surface area contributed by atoms with Gasteiger partial charge in [0.2, 0.25) is 29.5 Å². The van der Waals surface area contributed by atoms with Crippen LogP contribution in [0.25, 0.3) is 0 Å². The summed E-state index contributed by atoms with van der Waals surface area (Å²) in [4.78, 5) is 91.2. The monoisotopic (exact) mass is 1380 g/mol. The highest BCUT2D eigenvalue weighted by molar-refractivity contribution is 5.92. The van der Waals surface area contributed by atoms with Crippen LogP contribution in [0, 0.1) is 23.7 Å². The minimum atomic E-state index is -1.43. The third-order valence-electron chi connectivity index (χ3n) is 16.7. The van der Waals surface area contributed by atoms with Crippen molar-refractivity contribution >= 4 is 41.1 Å². The van der Waals surface area contributed by atoms with Gasteiger partial charge >= 0.3 is 0 Å². The highest BCUT2D eigenvalue weighted by atomic mass is 16.7. The largest absolute Gasteiger partial charge is 0.394 e. The Labute approximate surface area is 570 Å². The first-order valence-electron chi connectivity index (χ1n) is 35.5. The molecule has 3 heterocycles. The number of amides is 5. The number of rotatable bonds is 49. The maximum atomic E-state index is 14.3. The second kappa shape index (κ2) is 53.9. The summed E-state index contributed by atoms with van der Waals surface area (Å²) in [7, 11) is 1.54. The van der Waals surface area contributed by atoms with E-state index in [9.17, 15) is 79.5 Å². The Morgan fingerprint density at radius 2 is 0.854 bits per heavy atom. The maximum absolute atomic E-state index is 14.3. The van der Waals surface area contributed by atoms with Crippen LogP contribution in [0.15, 0.2) is 0 Å². The molecule has 5 amide bonds. The summed E-state index contributed by atoms with van der Waals surface area (Å²) in [6.07, 6.45) is -2.71. The third-order valence-corrected chi connectivity index (χ3v) is 16.7. The van der Waals surface area contributed by atoms with Crippen LogP contribution in [0.3, 0.4) is 0 Å². The number of hydrogen-bond acceptors (Lipinski definition) is 23. The van der Waals surface area contributed by atoms with Gasteiger partial charge in [0.1, 0.15) is 54.6 Å². The summed E-state index contributed by atoms with van der Waals surface area (Å²) in [6.45, 7) is 15.6. The van der Waals surface area contributed by atoms with Crippen molar-refractivity contribution in [3.63, 3.8) is 0 Å². The zero-order valence-electron chi connectivity index (χ0n) is 59.2. The molecule has 3 aliphatic rings. The minimum Gasteiger partial charge on any atom is -0.394 e. The highest BCUT2D eigenvalue weighted by Gasteiger charge is 2.46. The van der Waals surface area contributed by atoms with Crippen LogP contribution in [0.1, 0.15) is 209 Å². The Bertz CT molecular complexity index is 2100. The predicted molar refractivity (Wildman–Crippen MR) is 356 cm³/mol. The van der Waals surface area contributed by atoms with Crippen molar-refractivity contribution in [3.8, 4) is 0 Å². The molecule has 0 aromatic carbocycles. The smallest absolute Gasteiger partial charge is 0.223 e. The molecule has 0 spiro atoms. The number of aliphatic hydroxyl groups excluding tert-OH is 9. The average Bonchev–Trinajstić information content (AvgIpc) is 0.830. The van der Waals surface area contributed by atoms with Crippen molar-refractivity contribution in [2.75, 3.05) is 73.0 Å². The summed E-state index contributed by atoms with van der Waals surface area (Å²) in [6, 6.07) is -1.99. The molecule has 17 atom stereocenters. The van der Waals surface area contributed by atoms with Gasteiger partial charge in [-0.1, -0.05) is 80.6 Å². The van der Waals surface area contributed by atoms with Gasteiger partial charge in [-0.2, -0.15) is 0 Å². The van der Waals surface area contributed by atoms with Gasteiger partial charge in [-0.3, -0.25) is 33.6 Å². The van der Waals surface area contributed by atoms with E-state index in [1.54, 1.807) is 13.8 Å². The standard InChI is InChI=1S/C62H111N5O23.C4H10.C2H6/c1-39-53(77)55(79)46(36-68)88-60(39)85-31-18-6-10-24-50(75)64-29-17-14-23-44(67-51(76)26-12-8-19-32-86-61-40(2)54(78)56(80)47(37-69)89-61)45(73)35-42(59(83)65-30-15-5-9-22-43(72)27-34-84-4)21-13-16-28-63-49(74)25-11-7-20-33-87-62-52(66-41(3)71)58(82)57(81)48(38-70)90-62;1-4(2)3;1-2/h39-40,42,44,46-48,52-58,60-62,68-70,77-82H,5-38H2,1-4H3,(H,63,74)(H,64,75)(H,65,83)(H,66,71)(H,67,76);4H,1-3H3;1-2H3/t39?,40?,42?,44?,46?,47?,48?,52?,53-,54-,55+,56+,57+,58-,60-,61-,62-;;/m1../s1. The highest BCUT2D eigenvalue weighted by Crippen LogP contribution is 2.29. The average molecular weight is 1380 g/mol. The summed E-state index contributed by atoms with van der Waals surface area (Å²) < 4.78 is 39.2. The molecule has 3 saturated heterocycles. The SMILES string of the molecule is CC.CC(C)C.COCCC(=O)CCCCCNC(=O)C(CCCCNC(=O)CCCCCO[C@@H]1OC(CO)[C@H](O)[C@H](O)C1NC(C)=O)CC(=O)C(CCCCNC(=O)CCCCCO[C@@H]1OC(CO)[C@H](O)[C@H](O)C1C)NC(=O)CCCCCO[C@@H]1OC(CO)[C@H](O)[C@H](O)C1C. The molecule has 0 aromatic rings. The zero-order chi connectivity index (χ0) is 72.0. The Hall–Kier alpha value is -3.95. The molecule has 0 aliphatic carbocycles. The van der Waals surface area contributed by atoms with E-state index in [-0.39, 0.29) is 80.5 Å². The fourth-order valence-corrected chi connectivity index (χ4v) is 11.0. The molecule has 0 radical (unpaired) electrons. The number of methoxy groups -OCH3 is 1. The summed E-state index contributed by atoms with van der Waals surface area (Å²) in [5, 5.41) is 105. The second-order valence-electron chi connectivity index (χ2n) is 25.9. The van der Waals surface area contributed by atoms with Gasteiger partial charge in [-0.15, -0.1) is 0 Å². The number of Topliss-reactive ketones (excluding diaryl/α,β-unsaturated/α-hetero) is 2. The summed E-state index contributed by atoms with van der Waals surface area (Å²) >= 11 is 0. The van der Waals surface area contributed by atoms with E-state index in [2.05, 4.69) is 47.4 Å². The van der Waals surface area contributed by atoms with Crippen molar-refractivity contribution in [1.82, 2.24) is 26.6 Å². The summed E-state index contributed by atoms with van der Waals surface area (Å²) in [5.41, 5.74) is 0. The lowest BCUT2D eigenvalue weighted by Gasteiger charge is -2.42. The van der Waals surface area contributed by atoms with Crippen LogP contribution in [0.4, 0.5) is 0 Å². The van der Waals surface area contributed by atoms with Crippen LogP contribution >= 0.6 is 0 Å². The first kappa shape index (κ1) is 90.1. The van der Waals surface area contributed by atoms with Crippen molar-refractivity contribution in [2.45, 2.75) is 295 Å².